The van der Waals surface area contributed by atoms with Gasteiger partial charge in [0.25, 0.3) is 0 Å². The number of aliphatic hydroxyl groups excluding tert-OH is 1. The van der Waals surface area contributed by atoms with Crippen molar-refractivity contribution in [3.05, 3.63) is 58.1 Å². The second-order valence-corrected chi connectivity index (χ2v) is 5.33. The lowest BCUT2D eigenvalue weighted by Gasteiger charge is -2.21. The fraction of sp³-hybridized carbons (Fsp3) is 0.200. The molecule has 1 aliphatic heterocycles. The minimum absolute atomic E-state index is 0.0788. The van der Waals surface area contributed by atoms with Crippen LogP contribution in [0.25, 0.3) is 0 Å². The maximum atomic E-state index is 9.14. The van der Waals surface area contributed by atoms with Crippen molar-refractivity contribution in [3.8, 4) is 0 Å². The van der Waals surface area contributed by atoms with Gasteiger partial charge in [-0.05, 0) is 51.7 Å². The molecule has 1 aliphatic rings. The van der Waals surface area contributed by atoms with Gasteiger partial charge in [-0.3, -0.25) is 0 Å². The smallest absolute Gasteiger partial charge is 0.0682 e. The summed E-state index contributed by atoms with van der Waals surface area (Å²) in [6.45, 7) is 1.09. The van der Waals surface area contributed by atoms with Gasteiger partial charge in [0, 0.05) is 16.7 Å². The van der Waals surface area contributed by atoms with Gasteiger partial charge in [0.05, 0.1) is 12.3 Å². The summed E-state index contributed by atoms with van der Waals surface area (Å²) in [6, 6.07) is 14.5. The molecule has 0 fully saturated rings. The van der Waals surface area contributed by atoms with Crippen molar-refractivity contribution in [3.63, 3.8) is 0 Å². The molecule has 2 aromatic carbocycles. The number of hydrogen-bond acceptors (Lipinski definition) is 2. The Morgan fingerprint density at radius 1 is 1.11 bits per heavy atom. The highest BCUT2D eigenvalue weighted by Crippen LogP contribution is 2.38. The summed E-state index contributed by atoms with van der Waals surface area (Å²) in [5.74, 6) is 0. The third-order valence-electron chi connectivity index (χ3n) is 3.37. The van der Waals surface area contributed by atoms with E-state index in [0.29, 0.717) is 0 Å². The van der Waals surface area contributed by atoms with Crippen molar-refractivity contribution in [2.45, 2.75) is 13.0 Å². The molecule has 0 atom stereocenters. The number of anilines is 2. The van der Waals surface area contributed by atoms with Gasteiger partial charge in [-0.2, -0.15) is 0 Å². The van der Waals surface area contributed by atoms with Crippen LogP contribution in [0, 0.1) is 0 Å². The summed E-state index contributed by atoms with van der Waals surface area (Å²) < 4.78 is 1.03. The molecule has 0 bridgehead atoms. The van der Waals surface area contributed by atoms with E-state index in [9.17, 15) is 0 Å². The molecule has 2 nitrogen and oxygen atoms in total. The number of benzene rings is 2. The van der Waals surface area contributed by atoms with Gasteiger partial charge in [0.1, 0.15) is 0 Å². The second-order valence-electron chi connectivity index (χ2n) is 4.47. The fourth-order valence-electron chi connectivity index (χ4n) is 2.46. The second kappa shape index (κ2) is 4.75. The van der Waals surface area contributed by atoms with Gasteiger partial charge >= 0.3 is 0 Å². The predicted molar refractivity (Wildman–Crippen MR) is 77.2 cm³/mol. The zero-order valence-corrected chi connectivity index (χ0v) is 11.5. The molecule has 18 heavy (non-hydrogen) atoms. The van der Waals surface area contributed by atoms with Gasteiger partial charge in [-0.1, -0.05) is 24.3 Å². The molecule has 0 amide bonds. The molecule has 0 saturated carbocycles. The highest BCUT2D eigenvalue weighted by Gasteiger charge is 2.21. The van der Waals surface area contributed by atoms with Crippen molar-refractivity contribution >= 4 is 27.3 Å². The molecular formula is C15H14BrNO. The largest absolute Gasteiger partial charge is 0.392 e. The number of fused-ring (bicyclic) bond motifs is 1. The molecule has 0 unspecified atom stereocenters. The average Bonchev–Trinajstić information content (AvgIpc) is 2.82. The van der Waals surface area contributed by atoms with Gasteiger partial charge in [0.2, 0.25) is 0 Å². The van der Waals surface area contributed by atoms with E-state index in [4.69, 9.17) is 5.11 Å². The lowest BCUT2D eigenvalue weighted by molar-refractivity contribution is 0.282. The molecule has 2 aromatic rings. The van der Waals surface area contributed by atoms with E-state index < -0.39 is 0 Å². The summed E-state index contributed by atoms with van der Waals surface area (Å²) in [6.07, 6.45) is 1.09. The number of para-hydroxylation sites is 1. The van der Waals surface area contributed by atoms with Crippen LogP contribution < -0.4 is 4.90 Å². The summed E-state index contributed by atoms with van der Waals surface area (Å²) in [4.78, 5) is 2.32. The third-order valence-corrected chi connectivity index (χ3v) is 4.01. The Morgan fingerprint density at radius 2 is 1.94 bits per heavy atom. The van der Waals surface area contributed by atoms with Crippen molar-refractivity contribution in [1.29, 1.82) is 0 Å². The van der Waals surface area contributed by atoms with Crippen LogP contribution in [0.2, 0.25) is 0 Å². The molecule has 1 heterocycles. The number of nitrogens with zero attached hydrogens (tertiary/aromatic N) is 1. The highest BCUT2D eigenvalue weighted by atomic mass is 79.9. The van der Waals surface area contributed by atoms with Crippen LogP contribution in [0.3, 0.4) is 0 Å². The number of hydrogen-bond donors (Lipinski definition) is 1. The van der Waals surface area contributed by atoms with Crippen molar-refractivity contribution < 1.29 is 5.11 Å². The number of aliphatic hydroxyl groups is 1. The monoisotopic (exact) mass is 303 g/mol. The average molecular weight is 304 g/mol. The Balaban J connectivity index is 2.02. The van der Waals surface area contributed by atoms with E-state index in [1.165, 1.54) is 11.3 Å². The highest BCUT2D eigenvalue weighted by molar-refractivity contribution is 9.10. The van der Waals surface area contributed by atoms with Gasteiger partial charge in [-0.25, -0.2) is 0 Å². The van der Waals surface area contributed by atoms with Crippen LogP contribution in [-0.2, 0) is 13.0 Å². The lowest BCUT2D eigenvalue weighted by atomic mass is 10.1. The topological polar surface area (TPSA) is 23.5 Å². The van der Waals surface area contributed by atoms with Crippen molar-refractivity contribution in [2.24, 2.45) is 0 Å². The van der Waals surface area contributed by atoms with Crippen molar-refractivity contribution in [1.82, 2.24) is 0 Å². The lowest BCUT2D eigenvalue weighted by Crippen LogP contribution is -2.13. The Morgan fingerprint density at radius 3 is 2.72 bits per heavy atom. The van der Waals surface area contributed by atoms with E-state index in [2.05, 4.69) is 51.2 Å². The molecule has 92 valence electrons. The fourth-order valence-corrected chi connectivity index (χ4v) is 3.10. The minimum atomic E-state index is 0.0788. The zero-order chi connectivity index (χ0) is 12.5. The molecule has 0 aliphatic carbocycles. The Hall–Kier alpha value is -1.32. The van der Waals surface area contributed by atoms with E-state index in [1.54, 1.807) is 0 Å². The quantitative estimate of drug-likeness (QED) is 0.915. The molecule has 3 heteroatoms. The maximum absolute atomic E-state index is 9.14. The molecule has 1 N–H and O–H groups in total. The van der Waals surface area contributed by atoms with Gasteiger partial charge < -0.3 is 10.0 Å². The summed E-state index contributed by atoms with van der Waals surface area (Å²) in [7, 11) is 0. The summed E-state index contributed by atoms with van der Waals surface area (Å²) >= 11 is 3.60. The van der Waals surface area contributed by atoms with Crippen LogP contribution in [0.4, 0.5) is 11.4 Å². The zero-order valence-electron chi connectivity index (χ0n) is 9.94. The number of halogens is 1. The van der Waals surface area contributed by atoms with E-state index in [1.807, 2.05) is 12.1 Å². The minimum Gasteiger partial charge on any atom is -0.392 e. The Labute approximate surface area is 115 Å². The SMILES string of the molecule is OCc1ccc(N2CCc3ccccc32)c(Br)c1. The Kier molecular flexibility index (Phi) is 3.10. The van der Waals surface area contributed by atoms with Crippen LogP contribution in [0.15, 0.2) is 46.9 Å². The maximum Gasteiger partial charge on any atom is 0.0682 e. The normalized spacial score (nSPS) is 13.8. The van der Waals surface area contributed by atoms with E-state index in [0.717, 1.165) is 28.7 Å². The summed E-state index contributed by atoms with van der Waals surface area (Å²) in [5.41, 5.74) is 4.78. The van der Waals surface area contributed by atoms with Crippen LogP contribution in [-0.4, -0.2) is 11.7 Å². The molecule has 0 aromatic heterocycles. The van der Waals surface area contributed by atoms with Crippen molar-refractivity contribution in [2.75, 3.05) is 11.4 Å². The first-order valence-electron chi connectivity index (χ1n) is 6.04. The summed E-state index contributed by atoms with van der Waals surface area (Å²) in [5, 5.41) is 9.14. The predicted octanol–water partition coefficient (Wildman–Crippen LogP) is 3.64. The van der Waals surface area contributed by atoms with Crippen LogP contribution in [0.5, 0.6) is 0 Å². The molecule has 0 saturated heterocycles. The van der Waals surface area contributed by atoms with Gasteiger partial charge in [-0.15, -0.1) is 0 Å². The standard InChI is InChI=1S/C15H14BrNO/c16-13-9-11(10-18)5-6-15(13)17-8-7-12-3-1-2-4-14(12)17/h1-6,9,18H,7-8,10H2. The molecular weight excluding hydrogens is 290 g/mol. The van der Waals surface area contributed by atoms with Crippen LogP contribution >= 0.6 is 15.9 Å². The molecule has 3 rings (SSSR count). The number of rotatable bonds is 2. The van der Waals surface area contributed by atoms with E-state index in [-0.39, 0.29) is 6.61 Å². The first-order valence-corrected chi connectivity index (χ1v) is 6.83. The molecule has 0 radical (unpaired) electrons. The Bertz CT molecular complexity index is 582. The van der Waals surface area contributed by atoms with E-state index >= 15 is 0 Å². The van der Waals surface area contributed by atoms with Gasteiger partial charge in [0.15, 0.2) is 0 Å². The van der Waals surface area contributed by atoms with Crippen LogP contribution in [0.1, 0.15) is 11.1 Å². The first kappa shape index (κ1) is 11.8. The molecule has 0 spiro atoms. The third kappa shape index (κ3) is 1.93. The first-order chi connectivity index (χ1) is 8.79.